The molecule has 6 nitrogen and oxygen atoms in total. The maximum Gasteiger partial charge on any atom is 0.387 e. The van der Waals surface area contributed by atoms with E-state index in [0.29, 0.717) is 22.1 Å². The number of anilines is 1. The predicted octanol–water partition coefficient (Wildman–Crippen LogP) is 6.79. The maximum atomic E-state index is 12.5. The SMILES string of the molecule is CCCc1ccc(OCc2ccc(C(=O)Nc3nc(-c4ccc(OC(F)F)cc4)cs3)o2)cc1. The van der Waals surface area contributed by atoms with Crippen LogP contribution < -0.4 is 14.8 Å². The molecule has 0 spiro atoms. The Morgan fingerprint density at radius 2 is 1.79 bits per heavy atom. The van der Waals surface area contributed by atoms with Crippen molar-refractivity contribution < 1.29 is 27.5 Å². The number of hydrogen-bond donors (Lipinski definition) is 1. The number of aryl methyl sites for hydroxylation is 1. The van der Waals surface area contributed by atoms with E-state index >= 15 is 0 Å². The monoisotopic (exact) mass is 484 g/mol. The van der Waals surface area contributed by atoms with Crippen LogP contribution in [0.25, 0.3) is 11.3 Å². The third kappa shape index (κ3) is 6.20. The Balaban J connectivity index is 1.32. The van der Waals surface area contributed by atoms with Gasteiger partial charge in [-0.1, -0.05) is 25.5 Å². The van der Waals surface area contributed by atoms with Crippen molar-refractivity contribution in [3.05, 3.63) is 83.1 Å². The predicted molar refractivity (Wildman–Crippen MR) is 126 cm³/mol. The maximum absolute atomic E-state index is 12.5. The summed E-state index contributed by atoms with van der Waals surface area (Å²) in [6.45, 7) is -0.539. The fourth-order valence-corrected chi connectivity index (χ4v) is 3.92. The van der Waals surface area contributed by atoms with Gasteiger partial charge in [-0.25, -0.2) is 4.98 Å². The Morgan fingerprint density at radius 1 is 1.06 bits per heavy atom. The quantitative estimate of drug-likeness (QED) is 0.268. The summed E-state index contributed by atoms with van der Waals surface area (Å²) in [5.41, 5.74) is 2.57. The van der Waals surface area contributed by atoms with E-state index in [4.69, 9.17) is 9.15 Å². The molecule has 4 aromatic rings. The molecule has 1 N–H and O–H groups in total. The number of thiazole rings is 1. The molecule has 0 radical (unpaired) electrons. The van der Waals surface area contributed by atoms with Crippen molar-refractivity contribution in [2.75, 3.05) is 5.32 Å². The Bertz CT molecular complexity index is 1220. The van der Waals surface area contributed by atoms with E-state index < -0.39 is 12.5 Å². The lowest BCUT2D eigenvalue weighted by Gasteiger charge is -2.05. The van der Waals surface area contributed by atoms with Crippen molar-refractivity contribution in [3.63, 3.8) is 0 Å². The van der Waals surface area contributed by atoms with Gasteiger partial charge in [0, 0.05) is 10.9 Å². The molecule has 0 fully saturated rings. The van der Waals surface area contributed by atoms with Gasteiger partial charge in [0.25, 0.3) is 5.91 Å². The zero-order chi connectivity index (χ0) is 23.9. The van der Waals surface area contributed by atoms with E-state index in [-0.39, 0.29) is 18.1 Å². The van der Waals surface area contributed by atoms with Crippen molar-refractivity contribution in [1.82, 2.24) is 4.98 Å². The molecular weight excluding hydrogens is 462 g/mol. The van der Waals surface area contributed by atoms with Crippen LogP contribution in [0, 0.1) is 0 Å². The normalized spacial score (nSPS) is 10.9. The van der Waals surface area contributed by atoms with Crippen LogP contribution in [0.1, 0.15) is 35.2 Å². The van der Waals surface area contributed by atoms with Crippen LogP contribution in [-0.2, 0) is 13.0 Å². The molecule has 34 heavy (non-hydrogen) atoms. The number of nitrogens with zero attached hydrogens (tertiary/aromatic N) is 1. The summed E-state index contributed by atoms with van der Waals surface area (Å²) in [6.07, 6.45) is 2.12. The van der Waals surface area contributed by atoms with Crippen LogP contribution >= 0.6 is 11.3 Å². The van der Waals surface area contributed by atoms with E-state index in [0.717, 1.165) is 18.6 Å². The fourth-order valence-electron chi connectivity index (χ4n) is 3.20. The zero-order valence-electron chi connectivity index (χ0n) is 18.3. The number of furan rings is 1. The first-order chi connectivity index (χ1) is 16.5. The number of halogens is 2. The molecule has 0 unspecified atom stereocenters. The average Bonchev–Trinajstić information content (AvgIpc) is 3.49. The number of alkyl halides is 2. The second-order valence-corrected chi connectivity index (χ2v) is 8.20. The first kappa shape index (κ1) is 23.4. The molecule has 0 aliphatic heterocycles. The van der Waals surface area contributed by atoms with Crippen LogP contribution in [0.2, 0.25) is 0 Å². The molecule has 0 saturated heterocycles. The summed E-state index contributed by atoms with van der Waals surface area (Å²) < 4.78 is 40.2. The van der Waals surface area contributed by atoms with Gasteiger partial charge in [-0.05, 0) is 60.5 Å². The highest BCUT2D eigenvalue weighted by molar-refractivity contribution is 7.14. The molecule has 0 aliphatic rings. The third-order valence-electron chi connectivity index (χ3n) is 4.83. The van der Waals surface area contributed by atoms with Gasteiger partial charge in [0.05, 0.1) is 5.69 Å². The number of nitrogens with one attached hydrogen (secondary N) is 1. The second-order valence-electron chi connectivity index (χ2n) is 7.34. The number of carbonyl (C=O) groups excluding carboxylic acids is 1. The van der Waals surface area contributed by atoms with Crippen molar-refractivity contribution in [1.29, 1.82) is 0 Å². The molecule has 2 heterocycles. The summed E-state index contributed by atoms with van der Waals surface area (Å²) in [5.74, 6) is 1.02. The average molecular weight is 485 g/mol. The minimum absolute atomic E-state index is 0.0635. The number of ether oxygens (including phenoxy) is 2. The number of amides is 1. The molecule has 0 bridgehead atoms. The van der Waals surface area contributed by atoms with Gasteiger partial charge >= 0.3 is 6.61 Å². The van der Waals surface area contributed by atoms with Gasteiger partial charge < -0.3 is 13.9 Å². The molecule has 1 amide bonds. The number of hydrogen-bond acceptors (Lipinski definition) is 6. The molecular formula is C25H22F2N2O4S. The summed E-state index contributed by atoms with van der Waals surface area (Å²) in [4.78, 5) is 16.9. The summed E-state index contributed by atoms with van der Waals surface area (Å²) in [6, 6.07) is 17.3. The highest BCUT2D eigenvalue weighted by atomic mass is 32.1. The lowest BCUT2D eigenvalue weighted by molar-refractivity contribution is -0.0498. The lowest BCUT2D eigenvalue weighted by Crippen LogP contribution is -2.10. The van der Waals surface area contributed by atoms with E-state index in [9.17, 15) is 13.6 Å². The molecule has 0 aliphatic carbocycles. The molecule has 2 aromatic carbocycles. The Kier molecular flexibility index (Phi) is 7.54. The van der Waals surface area contributed by atoms with Gasteiger partial charge in [0.15, 0.2) is 10.9 Å². The molecule has 0 atom stereocenters. The van der Waals surface area contributed by atoms with Gasteiger partial charge in [0.1, 0.15) is 23.9 Å². The Morgan fingerprint density at radius 3 is 2.50 bits per heavy atom. The van der Waals surface area contributed by atoms with Gasteiger partial charge in [-0.3, -0.25) is 10.1 Å². The third-order valence-corrected chi connectivity index (χ3v) is 5.59. The highest BCUT2D eigenvalue weighted by Crippen LogP contribution is 2.27. The fraction of sp³-hybridized carbons (Fsp3) is 0.200. The van der Waals surface area contributed by atoms with Gasteiger partial charge in [-0.2, -0.15) is 8.78 Å². The molecule has 0 saturated carbocycles. The van der Waals surface area contributed by atoms with Crippen molar-refractivity contribution in [2.24, 2.45) is 0 Å². The molecule has 2 aromatic heterocycles. The zero-order valence-corrected chi connectivity index (χ0v) is 19.1. The Hall–Kier alpha value is -3.72. The molecule has 9 heteroatoms. The van der Waals surface area contributed by atoms with Crippen molar-refractivity contribution in [2.45, 2.75) is 33.0 Å². The largest absolute Gasteiger partial charge is 0.486 e. The second kappa shape index (κ2) is 10.9. The summed E-state index contributed by atoms with van der Waals surface area (Å²) in [5, 5.41) is 4.84. The van der Waals surface area contributed by atoms with Crippen LogP contribution in [0.15, 0.2) is 70.5 Å². The molecule has 4 rings (SSSR count). The van der Waals surface area contributed by atoms with E-state index in [2.05, 4.69) is 22.0 Å². The first-order valence-electron chi connectivity index (χ1n) is 10.6. The van der Waals surface area contributed by atoms with Crippen LogP contribution in [0.4, 0.5) is 13.9 Å². The highest BCUT2D eigenvalue weighted by Gasteiger charge is 2.15. The number of benzene rings is 2. The summed E-state index contributed by atoms with van der Waals surface area (Å²) in [7, 11) is 0. The van der Waals surface area contributed by atoms with Crippen LogP contribution in [0.3, 0.4) is 0 Å². The minimum Gasteiger partial charge on any atom is -0.486 e. The van der Waals surface area contributed by atoms with Gasteiger partial charge in [0.2, 0.25) is 0 Å². The Labute approximate surface area is 199 Å². The van der Waals surface area contributed by atoms with Gasteiger partial charge in [-0.15, -0.1) is 11.3 Å². The number of carbonyl (C=O) groups is 1. The van der Waals surface area contributed by atoms with E-state index in [1.807, 2.05) is 24.3 Å². The lowest BCUT2D eigenvalue weighted by atomic mass is 10.1. The van der Waals surface area contributed by atoms with Crippen LogP contribution in [0.5, 0.6) is 11.5 Å². The first-order valence-corrected chi connectivity index (χ1v) is 11.5. The smallest absolute Gasteiger partial charge is 0.387 e. The standard InChI is InChI=1S/C25H22F2N2O4S/c1-2-3-16-4-8-18(9-5-16)31-14-20-12-13-22(32-20)23(30)29-25-28-21(15-34-25)17-6-10-19(11-7-17)33-24(26)27/h4-13,15,24H,2-3,14H2,1H3,(H,28,29,30). The minimum atomic E-state index is -2.88. The van der Waals surface area contributed by atoms with E-state index in [1.54, 1.807) is 29.6 Å². The van der Waals surface area contributed by atoms with Crippen molar-refractivity contribution in [3.8, 4) is 22.8 Å². The molecule has 176 valence electrons. The van der Waals surface area contributed by atoms with Crippen LogP contribution in [-0.4, -0.2) is 17.5 Å². The topological polar surface area (TPSA) is 73.6 Å². The number of rotatable bonds is 10. The number of aromatic nitrogens is 1. The summed E-state index contributed by atoms with van der Waals surface area (Å²) >= 11 is 1.24. The van der Waals surface area contributed by atoms with Crippen molar-refractivity contribution >= 4 is 22.4 Å². The van der Waals surface area contributed by atoms with E-state index in [1.165, 1.54) is 29.0 Å².